The summed E-state index contributed by atoms with van der Waals surface area (Å²) in [5.74, 6) is 0.136. The van der Waals surface area contributed by atoms with Crippen LogP contribution in [-0.4, -0.2) is 17.2 Å². The minimum Gasteiger partial charge on any atom is -0.398 e. The number of nitrogens with zero attached hydrogens (tertiary/aromatic N) is 1. The third kappa shape index (κ3) is 4.17. The Morgan fingerprint density at radius 2 is 2.20 bits per heavy atom. The average molecular weight is 291 g/mol. The highest BCUT2D eigenvalue weighted by atomic mass is 32.2. The number of thioether (sulfide) groups is 1. The molecule has 0 saturated heterocycles. The monoisotopic (exact) mass is 291 g/mol. The van der Waals surface area contributed by atoms with Gasteiger partial charge < -0.3 is 11.1 Å². The Balaban J connectivity index is 2.65. The van der Waals surface area contributed by atoms with Crippen molar-refractivity contribution < 1.29 is 4.79 Å². The van der Waals surface area contributed by atoms with Crippen molar-refractivity contribution in [1.82, 2.24) is 5.32 Å². The summed E-state index contributed by atoms with van der Waals surface area (Å²) < 4.78 is 0. The van der Waals surface area contributed by atoms with E-state index in [1.54, 1.807) is 6.92 Å². The van der Waals surface area contributed by atoms with Crippen molar-refractivity contribution in [2.75, 3.05) is 11.5 Å². The van der Waals surface area contributed by atoms with Crippen LogP contribution in [0.4, 0.5) is 5.69 Å². The number of nitrogens with two attached hydrogens (primary N) is 1. The van der Waals surface area contributed by atoms with Gasteiger partial charge in [-0.1, -0.05) is 19.9 Å². The number of carbonyl (C=O) groups is 1. The molecule has 3 N–H and O–H groups in total. The summed E-state index contributed by atoms with van der Waals surface area (Å²) in [5.41, 5.74) is 6.80. The van der Waals surface area contributed by atoms with Crippen molar-refractivity contribution in [2.45, 2.75) is 38.1 Å². The summed E-state index contributed by atoms with van der Waals surface area (Å²) in [5, 5.41) is 12.0. The smallest absolute Gasteiger partial charge is 0.231 e. The topological polar surface area (TPSA) is 78.9 Å². The first-order valence-electron chi connectivity index (χ1n) is 6.49. The molecule has 0 spiro atoms. The average Bonchev–Trinajstić information content (AvgIpc) is 2.39. The van der Waals surface area contributed by atoms with Crippen LogP contribution in [0.2, 0.25) is 0 Å². The van der Waals surface area contributed by atoms with Crippen molar-refractivity contribution in [3.8, 4) is 6.07 Å². The summed E-state index contributed by atoms with van der Waals surface area (Å²) in [6, 6.07) is 7.89. The second kappa shape index (κ2) is 6.67. The normalized spacial score (nSPS) is 13.6. The fraction of sp³-hybridized carbons (Fsp3) is 0.467. The molecule has 1 amide bonds. The van der Waals surface area contributed by atoms with Gasteiger partial charge in [-0.3, -0.25) is 4.79 Å². The van der Waals surface area contributed by atoms with E-state index in [9.17, 15) is 10.1 Å². The second-order valence-electron chi connectivity index (χ2n) is 5.35. The molecule has 1 atom stereocenters. The Hall–Kier alpha value is -1.67. The molecule has 0 bridgehead atoms. The molecule has 5 heteroatoms. The maximum Gasteiger partial charge on any atom is 0.231 e. The number of aryl methyl sites for hydroxylation is 1. The largest absolute Gasteiger partial charge is 0.398 e. The van der Waals surface area contributed by atoms with E-state index >= 15 is 0 Å². The lowest BCUT2D eigenvalue weighted by Gasteiger charge is -2.27. The number of nitrogen functional groups attached to an aromatic ring is 1. The SMILES string of the molecule is Cc1ccc(N)c(SCC(=O)NC(C)(C#N)C(C)C)c1. The zero-order valence-corrected chi connectivity index (χ0v) is 13.2. The van der Waals surface area contributed by atoms with Gasteiger partial charge in [-0.2, -0.15) is 5.26 Å². The summed E-state index contributed by atoms with van der Waals surface area (Å²) >= 11 is 1.39. The molecule has 0 aliphatic rings. The Morgan fingerprint density at radius 3 is 2.75 bits per heavy atom. The van der Waals surface area contributed by atoms with Gasteiger partial charge >= 0.3 is 0 Å². The molecule has 20 heavy (non-hydrogen) atoms. The van der Waals surface area contributed by atoms with E-state index in [0.29, 0.717) is 5.69 Å². The van der Waals surface area contributed by atoms with Crippen molar-refractivity contribution in [2.24, 2.45) is 5.92 Å². The Labute approximate surface area is 124 Å². The molecule has 0 aliphatic heterocycles. The van der Waals surface area contributed by atoms with Gasteiger partial charge in [-0.05, 0) is 37.5 Å². The van der Waals surface area contributed by atoms with E-state index in [4.69, 9.17) is 5.73 Å². The third-order valence-corrected chi connectivity index (χ3v) is 4.38. The fourth-order valence-electron chi connectivity index (χ4n) is 1.54. The first-order chi connectivity index (χ1) is 9.28. The number of anilines is 1. The minimum absolute atomic E-state index is 0.0467. The lowest BCUT2D eigenvalue weighted by molar-refractivity contribution is -0.120. The molecule has 0 aromatic heterocycles. The van der Waals surface area contributed by atoms with Crippen molar-refractivity contribution in [3.05, 3.63) is 23.8 Å². The minimum atomic E-state index is -0.838. The standard InChI is InChI=1S/C15H21N3OS/c1-10(2)15(4,9-16)18-14(19)8-20-13-7-11(3)5-6-12(13)17/h5-7,10H,8,17H2,1-4H3,(H,18,19). The first kappa shape index (κ1) is 16.4. The number of hydrogen-bond donors (Lipinski definition) is 2. The van der Waals surface area contributed by atoms with E-state index in [1.807, 2.05) is 39.0 Å². The zero-order valence-electron chi connectivity index (χ0n) is 12.4. The molecule has 0 aliphatic carbocycles. The molecular weight excluding hydrogens is 270 g/mol. The van der Waals surface area contributed by atoms with Gasteiger partial charge in [0.2, 0.25) is 5.91 Å². The number of benzene rings is 1. The van der Waals surface area contributed by atoms with Gasteiger partial charge in [-0.15, -0.1) is 11.8 Å². The molecule has 4 nitrogen and oxygen atoms in total. The maximum absolute atomic E-state index is 12.0. The van der Waals surface area contributed by atoms with Crippen molar-refractivity contribution in [1.29, 1.82) is 5.26 Å². The molecule has 0 fully saturated rings. The number of rotatable bonds is 5. The van der Waals surface area contributed by atoms with Gasteiger partial charge in [0, 0.05) is 10.6 Å². The van der Waals surface area contributed by atoms with Crippen LogP contribution in [0, 0.1) is 24.2 Å². The summed E-state index contributed by atoms with van der Waals surface area (Å²) in [6.45, 7) is 7.54. The number of hydrogen-bond acceptors (Lipinski definition) is 4. The summed E-state index contributed by atoms with van der Waals surface area (Å²) in [7, 11) is 0. The van der Waals surface area contributed by atoms with E-state index in [0.717, 1.165) is 10.5 Å². The van der Waals surface area contributed by atoms with Crippen LogP contribution in [-0.2, 0) is 4.79 Å². The van der Waals surface area contributed by atoms with Crippen LogP contribution >= 0.6 is 11.8 Å². The van der Waals surface area contributed by atoms with Crippen LogP contribution in [0.15, 0.2) is 23.1 Å². The van der Waals surface area contributed by atoms with Gasteiger partial charge in [0.1, 0.15) is 5.54 Å². The molecule has 0 saturated carbocycles. The molecule has 1 aromatic rings. The first-order valence-corrected chi connectivity index (χ1v) is 7.48. The molecular formula is C15H21N3OS. The number of carbonyl (C=O) groups excluding carboxylic acids is 1. The third-order valence-electron chi connectivity index (χ3n) is 3.31. The number of amides is 1. The van der Waals surface area contributed by atoms with E-state index in [-0.39, 0.29) is 17.6 Å². The van der Waals surface area contributed by atoms with Gasteiger partial charge in [-0.25, -0.2) is 0 Å². The predicted octanol–water partition coefficient (Wildman–Crippen LogP) is 2.72. The molecule has 1 unspecified atom stereocenters. The molecule has 1 aromatic carbocycles. The van der Waals surface area contributed by atoms with Gasteiger partial charge in [0.05, 0.1) is 11.8 Å². The lowest BCUT2D eigenvalue weighted by atomic mass is 9.90. The Morgan fingerprint density at radius 1 is 1.55 bits per heavy atom. The number of nitriles is 1. The van der Waals surface area contributed by atoms with E-state index in [2.05, 4.69) is 11.4 Å². The van der Waals surface area contributed by atoms with E-state index in [1.165, 1.54) is 11.8 Å². The van der Waals surface area contributed by atoms with Crippen molar-refractivity contribution in [3.63, 3.8) is 0 Å². The van der Waals surface area contributed by atoms with E-state index < -0.39 is 5.54 Å². The Kier molecular flexibility index (Phi) is 5.46. The molecule has 0 heterocycles. The van der Waals surface area contributed by atoms with Crippen LogP contribution < -0.4 is 11.1 Å². The molecule has 0 radical (unpaired) electrons. The Bertz CT molecular complexity index is 536. The second-order valence-corrected chi connectivity index (χ2v) is 6.36. The number of nitrogens with one attached hydrogen (secondary N) is 1. The zero-order chi connectivity index (χ0) is 15.3. The molecule has 1 rings (SSSR count). The highest BCUT2D eigenvalue weighted by Gasteiger charge is 2.29. The van der Waals surface area contributed by atoms with Crippen LogP contribution in [0.1, 0.15) is 26.3 Å². The highest BCUT2D eigenvalue weighted by molar-refractivity contribution is 8.00. The molecule has 108 valence electrons. The van der Waals surface area contributed by atoms with Crippen molar-refractivity contribution >= 4 is 23.4 Å². The van der Waals surface area contributed by atoms with Crippen LogP contribution in [0.5, 0.6) is 0 Å². The fourth-order valence-corrected chi connectivity index (χ4v) is 2.40. The predicted molar refractivity (Wildman–Crippen MR) is 83.3 cm³/mol. The maximum atomic E-state index is 12.0. The van der Waals surface area contributed by atoms with Crippen LogP contribution in [0.3, 0.4) is 0 Å². The highest BCUT2D eigenvalue weighted by Crippen LogP contribution is 2.26. The summed E-state index contributed by atoms with van der Waals surface area (Å²) in [6.07, 6.45) is 0. The lowest BCUT2D eigenvalue weighted by Crippen LogP contribution is -2.49. The van der Waals surface area contributed by atoms with Gasteiger partial charge in [0.15, 0.2) is 0 Å². The quantitative estimate of drug-likeness (QED) is 0.646. The van der Waals surface area contributed by atoms with Crippen LogP contribution in [0.25, 0.3) is 0 Å². The summed E-state index contributed by atoms with van der Waals surface area (Å²) in [4.78, 5) is 12.9. The van der Waals surface area contributed by atoms with Gasteiger partial charge in [0.25, 0.3) is 0 Å².